The van der Waals surface area contributed by atoms with Crippen molar-refractivity contribution in [2.75, 3.05) is 27.3 Å². The molecule has 0 aliphatic rings. The molecule has 0 aromatic heterocycles. The van der Waals surface area contributed by atoms with Gasteiger partial charge in [0.2, 0.25) is 0 Å². The summed E-state index contributed by atoms with van der Waals surface area (Å²) in [5, 5.41) is 3.56. The minimum atomic E-state index is 0. The van der Waals surface area contributed by atoms with Gasteiger partial charge in [0.15, 0.2) is 14.2 Å². The van der Waals surface area contributed by atoms with Gasteiger partial charge in [0, 0.05) is 0 Å². The molecule has 0 amide bonds. The topological polar surface area (TPSA) is 50.6 Å². The average Bonchev–Trinajstić information content (AvgIpc) is 2.66. The Kier molecular flexibility index (Phi) is 17.5. The number of nitrogens with one attached hydrogen (secondary N) is 1. The van der Waals surface area contributed by atoms with Gasteiger partial charge in [-0.15, -0.1) is 0 Å². The molecule has 0 spiro atoms. The Morgan fingerprint density at radius 2 is 1.40 bits per heavy atom. The molecule has 1 aromatic carbocycles. The fourth-order valence-electron chi connectivity index (χ4n) is 2.47. The van der Waals surface area contributed by atoms with E-state index in [9.17, 15) is 4.91 Å². The Balaban J connectivity index is 0.000000823. The average molecular weight is 354 g/mol. The SMILES string of the molecule is CCCCCCCCCNCCCc1ccccc1.CO[N+](=O)OC. The lowest BCUT2D eigenvalue weighted by Gasteiger charge is -2.05. The largest absolute Gasteiger partial charge is 0.476 e. The van der Waals surface area contributed by atoms with Crippen molar-refractivity contribution in [3.63, 3.8) is 0 Å². The molecule has 144 valence electrons. The van der Waals surface area contributed by atoms with Gasteiger partial charge in [-0.25, -0.2) is 0 Å². The maximum Gasteiger partial charge on any atom is 0.476 e. The van der Waals surface area contributed by atoms with Crippen LogP contribution in [0, 0.1) is 4.91 Å². The van der Waals surface area contributed by atoms with E-state index in [1.165, 1.54) is 84.1 Å². The molecule has 0 unspecified atom stereocenters. The Bertz CT molecular complexity index is 393. The Hall–Kier alpha value is -1.62. The zero-order chi connectivity index (χ0) is 18.6. The van der Waals surface area contributed by atoms with Gasteiger partial charge in [0.1, 0.15) is 4.91 Å². The van der Waals surface area contributed by atoms with Crippen molar-refractivity contribution in [2.45, 2.75) is 64.7 Å². The first-order chi connectivity index (χ1) is 12.2. The maximum absolute atomic E-state index is 9.65. The van der Waals surface area contributed by atoms with E-state index in [0.29, 0.717) is 0 Å². The van der Waals surface area contributed by atoms with Crippen molar-refractivity contribution in [3.8, 4) is 0 Å². The predicted molar refractivity (Wildman–Crippen MR) is 103 cm³/mol. The summed E-state index contributed by atoms with van der Waals surface area (Å²) in [6.45, 7) is 4.63. The molecule has 25 heavy (non-hydrogen) atoms. The minimum Gasteiger partial charge on any atom is -0.317 e. The van der Waals surface area contributed by atoms with Gasteiger partial charge < -0.3 is 5.32 Å². The molecular formula is C20H37N2O3+. The summed E-state index contributed by atoms with van der Waals surface area (Å²) in [4.78, 5) is 17.6. The van der Waals surface area contributed by atoms with Crippen LogP contribution >= 0.6 is 0 Å². The first-order valence-electron chi connectivity index (χ1n) is 9.54. The van der Waals surface area contributed by atoms with Crippen molar-refractivity contribution in [3.05, 3.63) is 40.8 Å². The van der Waals surface area contributed by atoms with E-state index in [2.05, 4.69) is 52.2 Å². The van der Waals surface area contributed by atoms with Gasteiger partial charge in [-0.3, -0.25) is 0 Å². The first-order valence-corrected chi connectivity index (χ1v) is 9.54. The third-order valence-electron chi connectivity index (χ3n) is 3.92. The molecular weight excluding hydrogens is 316 g/mol. The van der Waals surface area contributed by atoms with E-state index < -0.39 is 0 Å². The number of benzene rings is 1. The lowest BCUT2D eigenvalue weighted by atomic mass is 10.1. The molecule has 0 aliphatic heterocycles. The Labute approximate surface area is 153 Å². The molecule has 5 nitrogen and oxygen atoms in total. The Morgan fingerprint density at radius 3 is 1.96 bits per heavy atom. The highest BCUT2D eigenvalue weighted by Gasteiger charge is 1.98. The molecule has 0 atom stereocenters. The number of hydrogen-bond acceptors (Lipinski definition) is 4. The third kappa shape index (κ3) is 17.0. The highest BCUT2D eigenvalue weighted by atomic mass is 17.0. The van der Waals surface area contributed by atoms with E-state index in [0.717, 1.165) is 6.54 Å². The minimum absolute atomic E-state index is 0. The quantitative estimate of drug-likeness (QED) is 0.384. The molecule has 0 bridgehead atoms. The van der Waals surface area contributed by atoms with Gasteiger partial charge in [-0.1, -0.05) is 75.8 Å². The zero-order valence-corrected chi connectivity index (χ0v) is 16.3. The monoisotopic (exact) mass is 353 g/mol. The summed E-state index contributed by atoms with van der Waals surface area (Å²) in [6, 6.07) is 10.8. The van der Waals surface area contributed by atoms with Crippen molar-refractivity contribution in [2.24, 2.45) is 0 Å². The maximum atomic E-state index is 9.65. The molecule has 0 fully saturated rings. The van der Waals surface area contributed by atoms with E-state index >= 15 is 0 Å². The number of nitrogens with zero attached hydrogens (tertiary/aromatic N) is 1. The van der Waals surface area contributed by atoms with E-state index in [1.54, 1.807) is 0 Å². The number of rotatable bonds is 14. The third-order valence-corrected chi connectivity index (χ3v) is 3.92. The fraction of sp³-hybridized carbons (Fsp3) is 0.700. The molecule has 5 heteroatoms. The molecule has 1 N–H and O–H groups in total. The number of aryl methyl sites for hydroxylation is 1. The summed E-state index contributed by atoms with van der Waals surface area (Å²) in [7, 11) is 2.44. The number of unbranched alkanes of at least 4 members (excludes halogenated alkanes) is 6. The van der Waals surface area contributed by atoms with Crippen LogP contribution < -0.4 is 5.32 Å². The molecule has 0 heterocycles. The van der Waals surface area contributed by atoms with E-state index in [4.69, 9.17) is 0 Å². The van der Waals surface area contributed by atoms with Gasteiger partial charge >= 0.3 is 5.09 Å². The smallest absolute Gasteiger partial charge is 0.317 e. The highest BCUT2D eigenvalue weighted by molar-refractivity contribution is 5.14. The van der Waals surface area contributed by atoms with Crippen molar-refractivity contribution in [1.82, 2.24) is 5.32 Å². The van der Waals surface area contributed by atoms with Crippen LogP contribution in [0.3, 0.4) is 0 Å². The molecule has 0 saturated heterocycles. The van der Waals surface area contributed by atoms with Crippen LogP contribution in [0.25, 0.3) is 0 Å². The molecule has 0 aliphatic carbocycles. The normalized spacial score (nSPS) is 9.88. The van der Waals surface area contributed by atoms with Crippen LogP contribution in [-0.2, 0) is 16.1 Å². The van der Waals surface area contributed by atoms with Gasteiger partial charge in [0.25, 0.3) is 0 Å². The zero-order valence-electron chi connectivity index (χ0n) is 16.3. The van der Waals surface area contributed by atoms with Gasteiger partial charge in [0.05, 0.1) is 0 Å². The van der Waals surface area contributed by atoms with Gasteiger partial charge in [-0.2, -0.15) is 9.68 Å². The van der Waals surface area contributed by atoms with Crippen molar-refractivity contribution in [1.29, 1.82) is 0 Å². The van der Waals surface area contributed by atoms with E-state index in [-0.39, 0.29) is 5.09 Å². The Morgan fingerprint density at radius 1 is 0.840 bits per heavy atom. The second kappa shape index (κ2) is 18.7. The molecule has 0 saturated carbocycles. The summed E-state index contributed by atoms with van der Waals surface area (Å²) in [5.74, 6) is 0. The predicted octanol–water partition coefficient (Wildman–Crippen LogP) is 4.85. The molecule has 1 rings (SSSR count). The second-order valence-corrected chi connectivity index (χ2v) is 6.05. The lowest BCUT2D eigenvalue weighted by Crippen LogP contribution is -2.17. The highest BCUT2D eigenvalue weighted by Crippen LogP contribution is 2.06. The van der Waals surface area contributed by atoms with Crippen LogP contribution in [0.1, 0.15) is 63.9 Å². The summed E-state index contributed by atoms with van der Waals surface area (Å²) in [5.41, 5.74) is 1.46. The summed E-state index contributed by atoms with van der Waals surface area (Å²) >= 11 is 0. The van der Waals surface area contributed by atoms with Crippen LogP contribution in [0.15, 0.2) is 30.3 Å². The number of hydrogen-bond donors (Lipinski definition) is 1. The first kappa shape index (κ1) is 23.4. The van der Waals surface area contributed by atoms with E-state index in [1.807, 2.05) is 0 Å². The van der Waals surface area contributed by atoms with Crippen molar-refractivity contribution < 1.29 is 14.8 Å². The summed E-state index contributed by atoms with van der Waals surface area (Å²) < 4.78 is 0. The fourth-order valence-corrected chi connectivity index (χ4v) is 2.47. The van der Waals surface area contributed by atoms with Crippen LogP contribution in [0.2, 0.25) is 0 Å². The molecule has 1 aromatic rings. The molecule has 0 radical (unpaired) electrons. The van der Waals surface area contributed by atoms with Gasteiger partial charge in [-0.05, 0) is 37.9 Å². The van der Waals surface area contributed by atoms with Crippen LogP contribution in [0.4, 0.5) is 0 Å². The second-order valence-electron chi connectivity index (χ2n) is 6.05. The summed E-state index contributed by atoms with van der Waals surface area (Å²) in [6.07, 6.45) is 12.2. The standard InChI is InChI=1S/C18H31N.C2H6NO3/c1-2-3-4-5-6-7-11-16-19-17-12-15-18-13-9-8-10-14-18;1-5-3(4)6-2/h8-10,13-14,19H,2-7,11-12,15-17H2,1H3;1-2H3/q;+1. The van der Waals surface area contributed by atoms with Crippen LogP contribution in [0.5, 0.6) is 0 Å². The van der Waals surface area contributed by atoms with Crippen LogP contribution in [-0.4, -0.2) is 32.4 Å². The lowest BCUT2D eigenvalue weighted by molar-refractivity contribution is -0.972. The van der Waals surface area contributed by atoms with Crippen molar-refractivity contribution >= 4 is 0 Å².